The van der Waals surface area contributed by atoms with Crippen LogP contribution in [0.3, 0.4) is 0 Å². The van der Waals surface area contributed by atoms with E-state index in [0.717, 1.165) is 30.1 Å². The van der Waals surface area contributed by atoms with Crippen LogP contribution in [0.2, 0.25) is 0 Å². The van der Waals surface area contributed by atoms with Crippen molar-refractivity contribution in [3.8, 4) is 0 Å². The van der Waals surface area contributed by atoms with Gasteiger partial charge in [-0.2, -0.15) is 0 Å². The van der Waals surface area contributed by atoms with Crippen molar-refractivity contribution >= 4 is 5.91 Å². The van der Waals surface area contributed by atoms with Gasteiger partial charge in [0.05, 0.1) is 25.5 Å². The number of ether oxygens (including phenoxy) is 2. The normalized spacial score (nSPS) is 25.9. The molecule has 6 nitrogen and oxygen atoms in total. The Bertz CT molecular complexity index is 756. The second kappa shape index (κ2) is 9.84. The van der Waals surface area contributed by atoms with Crippen LogP contribution >= 0.6 is 0 Å². The number of carbonyl (C=O) groups excluding carboxylic acids is 1. The first kappa shape index (κ1) is 21.2. The zero-order chi connectivity index (χ0) is 20.9. The van der Waals surface area contributed by atoms with Gasteiger partial charge in [0.15, 0.2) is 0 Å². The first-order valence-electron chi connectivity index (χ1n) is 11.5. The van der Waals surface area contributed by atoms with Gasteiger partial charge in [-0.15, -0.1) is 0 Å². The fraction of sp³-hybridized carbons (Fsp3) is 0.625. The quantitative estimate of drug-likeness (QED) is 0.742. The maximum atomic E-state index is 13.3. The first-order chi connectivity index (χ1) is 14.6. The molecule has 3 heterocycles. The van der Waals surface area contributed by atoms with Crippen molar-refractivity contribution in [1.29, 1.82) is 0 Å². The number of rotatable bonds is 5. The Morgan fingerprint density at radius 1 is 1.23 bits per heavy atom. The van der Waals surface area contributed by atoms with Crippen LogP contribution in [0, 0.1) is 11.8 Å². The van der Waals surface area contributed by atoms with E-state index in [1.54, 1.807) is 0 Å². The van der Waals surface area contributed by atoms with E-state index in [1.165, 1.54) is 32.1 Å². The van der Waals surface area contributed by atoms with Gasteiger partial charge in [-0.05, 0) is 55.7 Å². The molecule has 0 bridgehead atoms. The van der Waals surface area contributed by atoms with E-state index < -0.39 is 0 Å². The summed E-state index contributed by atoms with van der Waals surface area (Å²) in [4.78, 5) is 15.3. The maximum absolute atomic E-state index is 13.3. The SMILES string of the molecule is CC1=C(C(=O)NN2CCOCC2)N2C=CC=C(OCC3CCCCC3)C2=CCC1C. The number of hydrazine groups is 1. The second-order valence-electron chi connectivity index (χ2n) is 8.86. The average Bonchev–Trinajstić information content (AvgIpc) is 2.90. The topological polar surface area (TPSA) is 54.0 Å². The van der Waals surface area contributed by atoms with Crippen molar-refractivity contribution in [3.05, 3.63) is 47.2 Å². The van der Waals surface area contributed by atoms with E-state index in [9.17, 15) is 4.79 Å². The molecule has 4 aliphatic rings. The van der Waals surface area contributed by atoms with E-state index in [0.29, 0.717) is 43.8 Å². The van der Waals surface area contributed by atoms with Crippen LogP contribution in [-0.4, -0.2) is 48.7 Å². The summed E-state index contributed by atoms with van der Waals surface area (Å²) in [5, 5.41) is 1.95. The Kier molecular flexibility index (Phi) is 6.95. The minimum atomic E-state index is -0.0627. The fourth-order valence-electron chi connectivity index (χ4n) is 4.63. The summed E-state index contributed by atoms with van der Waals surface area (Å²) < 4.78 is 11.7. The van der Waals surface area contributed by atoms with E-state index in [4.69, 9.17) is 9.47 Å². The number of amides is 1. The molecular formula is C24H35N3O3. The van der Waals surface area contributed by atoms with Crippen LogP contribution < -0.4 is 5.43 Å². The van der Waals surface area contributed by atoms with Gasteiger partial charge in [0.1, 0.15) is 11.5 Å². The molecule has 1 saturated carbocycles. The van der Waals surface area contributed by atoms with Crippen molar-refractivity contribution < 1.29 is 14.3 Å². The lowest BCUT2D eigenvalue weighted by atomic mass is 9.90. The maximum Gasteiger partial charge on any atom is 0.282 e. The van der Waals surface area contributed by atoms with E-state index in [-0.39, 0.29) is 5.91 Å². The van der Waals surface area contributed by atoms with Crippen LogP contribution in [0.25, 0.3) is 0 Å². The highest BCUT2D eigenvalue weighted by Crippen LogP contribution is 2.35. The second-order valence-corrected chi connectivity index (χ2v) is 8.86. The molecule has 1 saturated heterocycles. The summed E-state index contributed by atoms with van der Waals surface area (Å²) >= 11 is 0. The summed E-state index contributed by atoms with van der Waals surface area (Å²) in [6.45, 7) is 7.73. The number of hydrogen-bond donors (Lipinski definition) is 1. The number of hydrogen-bond acceptors (Lipinski definition) is 5. The van der Waals surface area contributed by atoms with Gasteiger partial charge in [0.25, 0.3) is 5.91 Å². The van der Waals surface area contributed by atoms with Crippen LogP contribution in [0.15, 0.2) is 47.2 Å². The average molecular weight is 414 g/mol. The van der Waals surface area contributed by atoms with Crippen molar-refractivity contribution in [1.82, 2.24) is 15.3 Å². The molecule has 0 spiro atoms. The number of fused-ring (bicyclic) bond motifs is 1. The zero-order valence-corrected chi connectivity index (χ0v) is 18.4. The molecule has 30 heavy (non-hydrogen) atoms. The van der Waals surface area contributed by atoms with E-state index >= 15 is 0 Å². The third-order valence-corrected chi connectivity index (χ3v) is 6.70. The van der Waals surface area contributed by atoms with Crippen molar-refractivity contribution in [2.75, 3.05) is 32.9 Å². The minimum absolute atomic E-state index is 0.0627. The predicted molar refractivity (Wildman–Crippen MR) is 117 cm³/mol. The van der Waals surface area contributed by atoms with Gasteiger partial charge < -0.3 is 14.4 Å². The molecule has 0 aromatic heterocycles. The monoisotopic (exact) mass is 413 g/mol. The smallest absolute Gasteiger partial charge is 0.282 e. The highest BCUT2D eigenvalue weighted by atomic mass is 16.5. The predicted octanol–water partition coefficient (Wildman–Crippen LogP) is 3.86. The van der Waals surface area contributed by atoms with Crippen molar-refractivity contribution in [3.63, 3.8) is 0 Å². The molecule has 6 heteroatoms. The zero-order valence-electron chi connectivity index (χ0n) is 18.4. The largest absolute Gasteiger partial charge is 0.491 e. The van der Waals surface area contributed by atoms with Crippen molar-refractivity contribution in [2.24, 2.45) is 11.8 Å². The standard InChI is InChI=1S/C24H35N3O3/c1-18-10-11-21-22(30-17-20-7-4-3-5-8-20)9-6-12-27(21)23(19(18)2)24(28)25-26-13-15-29-16-14-26/h6,9,11-12,18,20H,3-5,7-8,10,13-17H2,1-2H3,(H,25,28). The van der Waals surface area contributed by atoms with Gasteiger partial charge >= 0.3 is 0 Å². The molecule has 1 unspecified atom stereocenters. The molecule has 1 atom stereocenters. The summed E-state index contributed by atoms with van der Waals surface area (Å²) in [7, 11) is 0. The number of carbonyl (C=O) groups is 1. The van der Waals surface area contributed by atoms with Gasteiger partial charge in [-0.25, -0.2) is 5.01 Å². The fourth-order valence-corrected chi connectivity index (χ4v) is 4.63. The number of nitrogens with zero attached hydrogens (tertiary/aromatic N) is 2. The Labute approximate surface area is 180 Å². The lowest BCUT2D eigenvalue weighted by molar-refractivity contribution is -0.125. The lowest BCUT2D eigenvalue weighted by Gasteiger charge is -2.33. The number of morpholine rings is 1. The summed E-state index contributed by atoms with van der Waals surface area (Å²) in [5.41, 5.74) is 5.89. The van der Waals surface area contributed by atoms with Crippen molar-refractivity contribution in [2.45, 2.75) is 52.4 Å². The summed E-state index contributed by atoms with van der Waals surface area (Å²) in [6, 6.07) is 0. The van der Waals surface area contributed by atoms with Gasteiger partial charge in [-0.3, -0.25) is 10.2 Å². The molecule has 0 radical (unpaired) electrons. The molecular weight excluding hydrogens is 378 g/mol. The Hall–Kier alpha value is -2.05. The molecule has 1 aliphatic carbocycles. The van der Waals surface area contributed by atoms with E-state index in [1.807, 2.05) is 28.3 Å². The highest BCUT2D eigenvalue weighted by Gasteiger charge is 2.31. The number of allylic oxidation sites excluding steroid dienone is 4. The number of nitrogens with one attached hydrogen (secondary N) is 1. The van der Waals surface area contributed by atoms with Gasteiger partial charge in [0, 0.05) is 19.3 Å². The minimum Gasteiger partial charge on any atom is -0.491 e. The van der Waals surface area contributed by atoms with E-state index in [2.05, 4.69) is 25.3 Å². The van der Waals surface area contributed by atoms with Crippen LogP contribution in [0.5, 0.6) is 0 Å². The Morgan fingerprint density at radius 2 is 2.00 bits per heavy atom. The third-order valence-electron chi connectivity index (χ3n) is 6.70. The molecule has 0 aromatic rings. The van der Waals surface area contributed by atoms with Gasteiger partial charge in [-0.1, -0.05) is 32.3 Å². The first-order valence-corrected chi connectivity index (χ1v) is 11.5. The summed E-state index contributed by atoms with van der Waals surface area (Å²) in [6.07, 6.45) is 15.6. The van der Waals surface area contributed by atoms with Crippen LogP contribution in [0.1, 0.15) is 52.4 Å². The Morgan fingerprint density at radius 3 is 2.77 bits per heavy atom. The molecule has 4 rings (SSSR count). The molecule has 0 aromatic carbocycles. The third kappa shape index (κ3) is 4.81. The molecule has 164 valence electrons. The van der Waals surface area contributed by atoms with Crippen LogP contribution in [0.4, 0.5) is 0 Å². The summed E-state index contributed by atoms with van der Waals surface area (Å²) in [5.74, 6) is 1.75. The van der Waals surface area contributed by atoms with Gasteiger partial charge in [0.2, 0.25) is 0 Å². The van der Waals surface area contributed by atoms with Crippen LogP contribution in [-0.2, 0) is 14.3 Å². The lowest BCUT2D eigenvalue weighted by Crippen LogP contribution is -2.50. The Balaban J connectivity index is 1.50. The molecule has 1 amide bonds. The highest BCUT2D eigenvalue weighted by molar-refractivity contribution is 5.94. The molecule has 3 aliphatic heterocycles. The molecule has 1 N–H and O–H groups in total. The molecule has 2 fully saturated rings.